The van der Waals surface area contributed by atoms with E-state index in [0.717, 1.165) is 23.9 Å². The van der Waals surface area contributed by atoms with Crippen molar-refractivity contribution in [2.24, 2.45) is 11.7 Å². The maximum atomic E-state index is 12.0. The lowest BCUT2D eigenvalue weighted by molar-refractivity contribution is -0.163. The molecule has 0 saturated heterocycles. The normalized spacial score (nSPS) is 14.1. The van der Waals surface area contributed by atoms with Crippen LogP contribution in [0, 0.1) is 5.92 Å². The number of nitrogens with one attached hydrogen (secondary N) is 1. The summed E-state index contributed by atoms with van der Waals surface area (Å²) in [5, 5.41) is 1.03. The maximum Gasteiger partial charge on any atom is 0.326 e. The highest BCUT2D eigenvalue weighted by Crippen LogP contribution is 2.30. The zero-order valence-corrected chi connectivity index (χ0v) is 15.7. The fourth-order valence-corrected chi connectivity index (χ4v) is 2.58. The summed E-state index contributed by atoms with van der Waals surface area (Å²) in [6, 6.07) is 5.16. The predicted molar refractivity (Wildman–Crippen MR) is 99.6 cm³/mol. The van der Waals surface area contributed by atoms with Gasteiger partial charge in [-0.1, -0.05) is 19.9 Å². The molecule has 0 spiro atoms. The van der Waals surface area contributed by atoms with Gasteiger partial charge in [0.2, 0.25) is 6.29 Å². The summed E-state index contributed by atoms with van der Waals surface area (Å²) < 4.78 is 11.2. The smallest absolute Gasteiger partial charge is 0.326 e. The Balaban J connectivity index is 2.14. The lowest BCUT2D eigenvalue weighted by atomic mass is 10.1. The Kier molecular flexibility index (Phi) is 6.45. The van der Waals surface area contributed by atoms with Gasteiger partial charge in [0.1, 0.15) is 11.8 Å². The average Bonchev–Trinajstić information content (AvgIpc) is 2.96. The summed E-state index contributed by atoms with van der Waals surface area (Å²) in [5.41, 5.74) is 8.01. The molecule has 6 heteroatoms. The van der Waals surface area contributed by atoms with Crippen molar-refractivity contribution < 1.29 is 14.3 Å². The van der Waals surface area contributed by atoms with Crippen LogP contribution in [0.1, 0.15) is 26.3 Å². The van der Waals surface area contributed by atoms with Gasteiger partial charge in [0, 0.05) is 30.6 Å². The van der Waals surface area contributed by atoms with E-state index in [9.17, 15) is 4.79 Å². The molecule has 0 radical (unpaired) electrons. The highest BCUT2D eigenvalue weighted by Gasteiger charge is 2.22. The van der Waals surface area contributed by atoms with Crippen molar-refractivity contribution in [3.05, 3.63) is 30.0 Å². The quantitative estimate of drug-likeness (QED) is 0.566. The second-order valence-corrected chi connectivity index (χ2v) is 6.94. The molecule has 0 aliphatic heterocycles. The summed E-state index contributed by atoms with van der Waals surface area (Å²) in [4.78, 5) is 17.4. The van der Waals surface area contributed by atoms with E-state index >= 15 is 0 Å². The molecule has 0 aliphatic carbocycles. The first kappa shape index (κ1) is 19.3. The third-order valence-corrected chi connectivity index (χ3v) is 4.14. The van der Waals surface area contributed by atoms with Crippen molar-refractivity contribution in [3.8, 4) is 5.75 Å². The molecule has 0 fully saturated rings. The first-order valence-corrected chi connectivity index (χ1v) is 8.66. The molecule has 0 amide bonds. The van der Waals surface area contributed by atoms with Gasteiger partial charge >= 0.3 is 5.97 Å². The molecule has 25 heavy (non-hydrogen) atoms. The van der Waals surface area contributed by atoms with E-state index in [1.807, 2.05) is 52.3 Å². The summed E-state index contributed by atoms with van der Waals surface area (Å²) in [6.07, 6.45) is 2.20. The molecule has 0 aliphatic rings. The van der Waals surface area contributed by atoms with E-state index in [0.29, 0.717) is 5.75 Å². The number of aromatic amines is 1. The van der Waals surface area contributed by atoms with Gasteiger partial charge in [0.15, 0.2) is 0 Å². The van der Waals surface area contributed by atoms with Gasteiger partial charge in [-0.05, 0) is 44.1 Å². The first-order chi connectivity index (χ1) is 11.8. The Morgan fingerprint density at radius 3 is 2.64 bits per heavy atom. The zero-order chi connectivity index (χ0) is 18.6. The fourth-order valence-electron chi connectivity index (χ4n) is 2.58. The molecule has 1 aromatic carbocycles. The van der Waals surface area contributed by atoms with Crippen LogP contribution in [-0.4, -0.2) is 48.8 Å². The number of fused-ring (bicyclic) bond motifs is 1. The van der Waals surface area contributed by atoms with Crippen LogP contribution in [0.5, 0.6) is 5.75 Å². The van der Waals surface area contributed by atoms with Crippen LogP contribution in [0.3, 0.4) is 0 Å². The van der Waals surface area contributed by atoms with Crippen LogP contribution in [-0.2, 0) is 16.0 Å². The molecule has 0 bridgehead atoms. The van der Waals surface area contributed by atoms with E-state index in [-0.39, 0.29) is 5.92 Å². The van der Waals surface area contributed by atoms with Crippen molar-refractivity contribution in [2.75, 3.05) is 20.6 Å². The number of hydrogen-bond acceptors (Lipinski definition) is 5. The van der Waals surface area contributed by atoms with Crippen molar-refractivity contribution in [1.82, 2.24) is 9.88 Å². The minimum absolute atomic E-state index is 0.0189. The van der Waals surface area contributed by atoms with Gasteiger partial charge in [-0.3, -0.25) is 4.79 Å². The number of aromatic nitrogens is 1. The molecule has 3 N–H and O–H groups in total. The number of hydrogen-bond donors (Lipinski definition) is 2. The summed E-state index contributed by atoms with van der Waals surface area (Å²) >= 11 is 0. The Labute approximate surface area is 149 Å². The molecule has 2 rings (SSSR count). The van der Waals surface area contributed by atoms with E-state index in [2.05, 4.69) is 9.88 Å². The number of nitrogens with zero attached hydrogens (tertiary/aromatic N) is 1. The van der Waals surface area contributed by atoms with E-state index in [1.54, 1.807) is 6.92 Å². The number of likely N-dealkylation sites (N-methyl/N-ethyl adjacent to an activating group) is 1. The van der Waals surface area contributed by atoms with Crippen LogP contribution in [0.25, 0.3) is 10.9 Å². The standard InChI is InChI=1S/C19H29N3O3/c1-12(2)18(20)19(23)25-13(3)24-16-8-6-7-15-17(16)14(11-21-15)9-10-22(4)5/h6-8,11-13,18,21H,9-10,20H2,1-5H3/t13?,18-/m0/s1. The lowest BCUT2D eigenvalue weighted by Gasteiger charge is -2.20. The topological polar surface area (TPSA) is 80.6 Å². The number of ether oxygens (including phenoxy) is 2. The zero-order valence-electron chi connectivity index (χ0n) is 15.7. The predicted octanol–water partition coefficient (Wildman–Crippen LogP) is 2.52. The number of H-pyrrole nitrogens is 1. The second-order valence-electron chi connectivity index (χ2n) is 6.94. The van der Waals surface area contributed by atoms with Gasteiger partial charge in [0.05, 0.1) is 0 Å². The van der Waals surface area contributed by atoms with E-state index in [1.165, 1.54) is 5.56 Å². The maximum absolute atomic E-state index is 12.0. The number of rotatable bonds is 8. The van der Waals surface area contributed by atoms with Gasteiger partial charge in [0.25, 0.3) is 0 Å². The molecule has 2 aromatic rings. The largest absolute Gasteiger partial charge is 0.454 e. The Hall–Kier alpha value is -2.05. The summed E-state index contributed by atoms with van der Waals surface area (Å²) in [6.45, 7) is 6.41. The SMILES string of the molecule is CC(OC(=O)[C@@H](N)C(C)C)Oc1cccc2[nH]cc(CCN(C)C)c12. The van der Waals surface area contributed by atoms with Crippen LogP contribution in [0.4, 0.5) is 0 Å². The van der Waals surface area contributed by atoms with Crippen LogP contribution in [0.15, 0.2) is 24.4 Å². The molecule has 2 atom stereocenters. The molecule has 0 saturated carbocycles. The van der Waals surface area contributed by atoms with Gasteiger partial charge in [-0.15, -0.1) is 0 Å². The highest BCUT2D eigenvalue weighted by atomic mass is 16.7. The molecule has 6 nitrogen and oxygen atoms in total. The van der Waals surface area contributed by atoms with Crippen molar-refractivity contribution in [2.45, 2.75) is 39.5 Å². The monoisotopic (exact) mass is 347 g/mol. The highest BCUT2D eigenvalue weighted by molar-refractivity contribution is 5.89. The van der Waals surface area contributed by atoms with Gasteiger partial charge < -0.3 is 25.1 Å². The fraction of sp³-hybridized carbons (Fsp3) is 0.526. The Bertz CT molecular complexity index is 709. The molecule has 1 unspecified atom stereocenters. The minimum atomic E-state index is -0.709. The molecular weight excluding hydrogens is 318 g/mol. The lowest BCUT2D eigenvalue weighted by Crippen LogP contribution is -2.39. The van der Waals surface area contributed by atoms with Crippen LogP contribution < -0.4 is 10.5 Å². The van der Waals surface area contributed by atoms with Crippen molar-refractivity contribution in [1.29, 1.82) is 0 Å². The second kappa shape index (κ2) is 8.36. The molecule has 138 valence electrons. The number of esters is 1. The third-order valence-electron chi connectivity index (χ3n) is 4.14. The number of benzene rings is 1. The Morgan fingerprint density at radius 1 is 1.28 bits per heavy atom. The number of carbonyl (C=O) groups excluding carboxylic acids is 1. The number of nitrogens with two attached hydrogens (primary N) is 1. The minimum Gasteiger partial charge on any atom is -0.454 e. The van der Waals surface area contributed by atoms with Crippen LogP contribution >= 0.6 is 0 Å². The van der Waals surface area contributed by atoms with E-state index < -0.39 is 18.3 Å². The Morgan fingerprint density at radius 2 is 2.00 bits per heavy atom. The van der Waals surface area contributed by atoms with E-state index in [4.69, 9.17) is 15.2 Å². The van der Waals surface area contributed by atoms with Gasteiger partial charge in [-0.25, -0.2) is 0 Å². The summed E-state index contributed by atoms with van der Waals surface area (Å²) in [5.74, 6) is 0.271. The van der Waals surface area contributed by atoms with Gasteiger partial charge in [-0.2, -0.15) is 0 Å². The summed E-state index contributed by atoms with van der Waals surface area (Å²) in [7, 11) is 4.09. The molecule has 1 aromatic heterocycles. The molecular formula is C19H29N3O3. The first-order valence-electron chi connectivity index (χ1n) is 8.66. The van der Waals surface area contributed by atoms with Crippen molar-refractivity contribution >= 4 is 16.9 Å². The number of carbonyl (C=O) groups is 1. The van der Waals surface area contributed by atoms with Crippen molar-refractivity contribution in [3.63, 3.8) is 0 Å². The van der Waals surface area contributed by atoms with Crippen LogP contribution in [0.2, 0.25) is 0 Å². The third kappa shape index (κ3) is 4.96. The average molecular weight is 347 g/mol. The molecule has 1 heterocycles.